The Morgan fingerprint density at radius 3 is 3.00 bits per heavy atom. The summed E-state index contributed by atoms with van der Waals surface area (Å²) in [4.78, 5) is 15.3. The van der Waals surface area contributed by atoms with Crippen molar-refractivity contribution in [3.8, 4) is 6.07 Å². The van der Waals surface area contributed by atoms with Crippen LogP contribution in [0.5, 0.6) is 0 Å². The van der Waals surface area contributed by atoms with E-state index in [4.69, 9.17) is 5.26 Å². The fourth-order valence-electron chi connectivity index (χ4n) is 1.78. The van der Waals surface area contributed by atoms with Crippen molar-refractivity contribution in [3.05, 3.63) is 50.3 Å². The van der Waals surface area contributed by atoms with Gasteiger partial charge < -0.3 is 5.32 Å². The SMILES string of the molecule is CCC(Nc1ncc([N+](=O)[O-])cc1C#N)c1cccs1. The number of hydrogen-bond acceptors (Lipinski definition) is 6. The summed E-state index contributed by atoms with van der Waals surface area (Å²) in [6.07, 6.45) is 1.98. The number of nitriles is 1. The first-order valence-corrected chi connectivity index (χ1v) is 6.88. The lowest BCUT2D eigenvalue weighted by Crippen LogP contribution is -2.11. The Labute approximate surface area is 119 Å². The summed E-state index contributed by atoms with van der Waals surface area (Å²) in [6.45, 7) is 2.02. The average molecular weight is 288 g/mol. The molecule has 1 atom stereocenters. The van der Waals surface area contributed by atoms with Crippen LogP contribution in [-0.2, 0) is 0 Å². The number of thiophene rings is 1. The molecule has 0 saturated heterocycles. The van der Waals surface area contributed by atoms with Gasteiger partial charge in [-0.1, -0.05) is 13.0 Å². The first kappa shape index (κ1) is 14.0. The summed E-state index contributed by atoms with van der Waals surface area (Å²) in [6, 6.07) is 7.17. The zero-order valence-electron chi connectivity index (χ0n) is 10.7. The minimum absolute atomic E-state index is 0.0380. The smallest absolute Gasteiger partial charge is 0.289 e. The van der Waals surface area contributed by atoms with Crippen molar-refractivity contribution < 1.29 is 4.92 Å². The molecule has 1 unspecified atom stereocenters. The molecule has 0 aromatic carbocycles. The number of nitrogens with zero attached hydrogens (tertiary/aromatic N) is 3. The first-order valence-electron chi connectivity index (χ1n) is 6.00. The Bertz CT molecular complexity index is 649. The van der Waals surface area contributed by atoms with Gasteiger partial charge in [-0.3, -0.25) is 10.1 Å². The maximum Gasteiger partial charge on any atom is 0.289 e. The van der Waals surface area contributed by atoms with Crippen LogP contribution < -0.4 is 5.32 Å². The van der Waals surface area contributed by atoms with Gasteiger partial charge in [-0.25, -0.2) is 4.98 Å². The third kappa shape index (κ3) is 2.92. The van der Waals surface area contributed by atoms with Crippen molar-refractivity contribution in [2.45, 2.75) is 19.4 Å². The van der Waals surface area contributed by atoms with Crippen LogP contribution in [0.15, 0.2) is 29.8 Å². The van der Waals surface area contributed by atoms with Crippen LogP contribution in [0.3, 0.4) is 0 Å². The van der Waals surface area contributed by atoms with E-state index in [0.29, 0.717) is 5.82 Å². The van der Waals surface area contributed by atoms with Gasteiger partial charge in [0, 0.05) is 10.9 Å². The molecule has 0 radical (unpaired) electrons. The van der Waals surface area contributed by atoms with Crippen molar-refractivity contribution >= 4 is 22.8 Å². The highest BCUT2D eigenvalue weighted by Crippen LogP contribution is 2.27. The average Bonchev–Trinajstić information content (AvgIpc) is 2.98. The maximum absolute atomic E-state index is 10.7. The molecule has 0 saturated carbocycles. The molecule has 2 aromatic heterocycles. The predicted octanol–water partition coefficient (Wildman–Crippen LogP) is 3.49. The molecule has 0 bridgehead atoms. The Balaban J connectivity index is 2.29. The number of nitro groups is 1. The summed E-state index contributed by atoms with van der Waals surface area (Å²) in [5.74, 6) is 0.373. The highest BCUT2D eigenvalue weighted by molar-refractivity contribution is 7.10. The molecule has 1 N–H and O–H groups in total. The molecule has 0 aliphatic carbocycles. The van der Waals surface area contributed by atoms with Crippen LogP contribution in [-0.4, -0.2) is 9.91 Å². The number of hydrogen-bond donors (Lipinski definition) is 1. The van der Waals surface area contributed by atoms with E-state index in [1.54, 1.807) is 11.3 Å². The summed E-state index contributed by atoms with van der Waals surface area (Å²) >= 11 is 1.61. The second kappa shape index (κ2) is 6.12. The van der Waals surface area contributed by atoms with E-state index < -0.39 is 4.92 Å². The molecule has 0 fully saturated rings. The number of anilines is 1. The quantitative estimate of drug-likeness (QED) is 0.671. The molecule has 2 rings (SSSR count). The van der Waals surface area contributed by atoms with Gasteiger partial charge in [0.2, 0.25) is 0 Å². The number of rotatable bonds is 5. The van der Waals surface area contributed by atoms with E-state index in [0.717, 1.165) is 17.5 Å². The van der Waals surface area contributed by atoms with Crippen LogP contribution in [0, 0.1) is 21.4 Å². The van der Waals surface area contributed by atoms with Gasteiger partial charge in [0.1, 0.15) is 23.6 Å². The van der Waals surface area contributed by atoms with Crippen LogP contribution in [0.2, 0.25) is 0 Å². The summed E-state index contributed by atoms with van der Waals surface area (Å²) < 4.78 is 0. The standard InChI is InChI=1S/C13H12N4O2S/c1-2-11(12-4-3-5-20-12)16-13-9(7-14)6-10(8-15-13)17(18)19/h3-6,8,11H,2H2,1H3,(H,15,16). The van der Waals surface area contributed by atoms with Crippen LogP contribution in [0.25, 0.3) is 0 Å². The highest BCUT2D eigenvalue weighted by Gasteiger charge is 2.16. The zero-order valence-corrected chi connectivity index (χ0v) is 11.6. The van der Waals surface area contributed by atoms with E-state index >= 15 is 0 Å². The minimum atomic E-state index is -0.561. The van der Waals surface area contributed by atoms with E-state index in [1.165, 1.54) is 6.07 Å². The monoisotopic (exact) mass is 288 g/mol. The van der Waals surface area contributed by atoms with Crippen LogP contribution >= 0.6 is 11.3 Å². The molecule has 0 spiro atoms. The zero-order chi connectivity index (χ0) is 14.5. The largest absolute Gasteiger partial charge is 0.361 e. The number of aromatic nitrogens is 1. The van der Waals surface area contributed by atoms with Crippen LogP contribution in [0.1, 0.15) is 29.8 Å². The molecule has 7 heteroatoms. The van der Waals surface area contributed by atoms with Crippen molar-refractivity contribution in [2.75, 3.05) is 5.32 Å². The third-order valence-electron chi connectivity index (χ3n) is 2.81. The van der Waals surface area contributed by atoms with Crippen molar-refractivity contribution in [1.82, 2.24) is 4.98 Å². The predicted molar refractivity (Wildman–Crippen MR) is 76.6 cm³/mol. The van der Waals surface area contributed by atoms with Crippen LogP contribution in [0.4, 0.5) is 11.5 Å². The van der Waals surface area contributed by atoms with Gasteiger partial charge in [-0.2, -0.15) is 5.26 Å². The normalized spacial score (nSPS) is 11.6. The Hall–Kier alpha value is -2.46. The lowest BCUT2D eigenvalue weighted by molar-refractivity contribution is -0.385. The molecular weight excluding hydrogens is 276 g/mol. The van der Waals surface area contributed by atoms with Crippen molar-refractivity contribution in [2.24, 2.45) is 0 Å². The van der Waals surface area contributed by atoms with Gasteiger partial charge in [0.15, 0.2) is 0 Å². The van der Waals surface area contributed by atoms with Crippen molar-refractivity contribution in [3.63, 3.8) is 0 Å². The third-order valence-corrected chi connectivity index (χ3v) is 3.80. The van der Waals surface area contributed by atoms with Gasteiger partial charge >= 0.3 is 0 Å². The second-order valence-corrected chi connectivity index (χ2v) is 5.06. The molecule has 2 heterocycles. The number of pyridine rings is 1. The lowest BCUT2D eigenvalue weighted by Gasteiger charge is -2.16. The topological polar surface area (TPSA) is 91.8 Å². The highest BCUT2D eigenvalue weighted by atomic mass is 32.1. The van der Waals surface area contributed by atoms with Gasteiger partial charge in [0.25, 0.3) is 5.69 Å². The number of nitrogens with one attached hydrogen (secondary N) is 1. The van der Waals surface area contributed by atoms with E-state index in [2.05, 4.69) is 10.3 Å². The van der Waals surface area contributed by atoms with E-state index in [-0.39, 0.29) is 17.3 Å². The first-order chi connectivity index (χ1) is 9.65. The molecule has 0 aliphatic rings. The lowest BCUT2D eigenvalue weighted by atomic mass is 10.1. The van der Waals surface area contributed by atoms with Crippen molar-refractivity contribution in [1.29, 1.82) is 5.26 Å². The minimum Gasteiger partial charge on any atom is -0.361 e. The van der Waals surface area contributed by atoms with Gasteiger partial charge in [-0.15, -0.1) is 11.3 Å². The summed E-state index contributed by atoms with van der Waals surface area (Å²) in [5, 5.41) is 24.9. The molecule has 6 nitrogen and oxygen atoms in total. The fourth-order valence-corrected chi connectivity index (χ4v) is 2.64. The summed E-state index contributed by atoms with van der Waals surface area (Å²) in [7, 11) is 0. The van der Waals surface area contributed by atoms with E-state index in [1.807, 2.05) is 30.5 Å². The summed E-state index contributed by atoms with van der Waals surface area (Å²) in [5.41, 5.74) is -0.00882. The fraction of sp³-hybridized carbons (Fsp3) is 0.231. The van der Waals surface area contributed by atoms with E-state index in [9.17, 15) is 10.1 Å². The second-order valence-electron chi connectivity index (χ2n) is 4.08. The molecule has 0 aliphatic heterocycles. The molecule has 102 valence electrons. The Kier molecular flexibility index (Phi) is 4.27. The Morgan fingerprint density at radius 2 is 2.45 bits per heavy atom. The maximum atomic E-state index is 10.7. The van der Waals surface area contributed by atoms with Gasteiger partial charge in [0.05, 0.1) is 11.0 Å². The van der Waals surface area contributed by atoms with Gasteiger partial charge in [-0.05, 0) is 17.9 Å². The molecule has 2 aromatic rings. The molecular formula is C13H12N4O2S. The molecule has 20 heavy (non-hydrogen) atoms. The Morgan fingerprint density at radius 1 is 1.65 bits per heavy atom. The molecule has 0 amide bonds.